The monoisotopic (exact) mass is 446 g/mol. The highest BCUT2D eigenvalue weighted by molar-refractivity contribution is 5.91. The maximum absolute atomic E-state index is 13.2. The SMILES string of the molecule is CC(=O)OCCC[n+]1ccn(C2CCC(C(C(N)=O)(c3ccccc3)c3ccccc3)C2)c1. The highest BCUT2D eigenvalue weighted by atomic mass is 16.5. The van der Waals surface area contributed by atoms with Gasteiger partial charge in [-0.2, -0.15) is 0 Å². The van der Waals surface area contributed by atoms with E-state index < -0.39 is 5.41 Å². The third-order valence-corrected chi connectivity index (χ3v) is 6.86. The molecular formula is C27H32N3O3+. The average Bonchev–Trinajstić information content (AvgIpc) is 3.49. The van der Waals surface area contributed by atoms with Gasteiger partial charge in [0.05, 0.1) is 13.2 Å². The Bertz CT molecular complexity index is 1040. The molecule has 1 saturated carbocycles. The van der Waals surface area contributed by atoms with Gasteiger partial charge in [-0.3, -0.25) is 9.59 Å². The molecule has 4 rings (SSSR count). The van der Waals surface area contributed by atoms with Gasteiger partial charge in [-0.05, 0) is 36.3 Å². The van der Waals surface area contributed by atoms with Crippen LogP contribution in [0.1, 0.15) is 49.8 Å². The van der Waals surface area contributed by atoms with Gasteiger partial charge in [0.25, 0.3) is 0 Å². The van der Waals surface area contributed by atoms with Gasteiger partial charge in [0.15, 0.2) is 0 Å². The highest BCUT2D eigenvalue weighted by Crippen LogP contribution is 2.49. The molecule has 1 aromatic heterocycles. The minimum Gasteiger partial charge on any atom is -0.466 e. The average molecular weight is 447 g/mol. The fourth-order valence-electron chi connectivity index (χ4n) is 5.37. The summed E-state index contributed by atoms with van der Waals surface area (Å²) < 4.78 is 9.39. The number of hydrogen-bond acceptors (Lipinski definition) is 3. The fraction of sp³-hybridized carbons (Fsp3) is 0.370. The lowest BCUT2D eigenvalue weighted by molar-refractivity contribution is -0.697. The number of carbonyl (C=O) groups excluding carboxylic acids is 2. The number of primary amides is 1. The van der Waals surface area contributed by atoms with Crippen molar-refractivity contribution < 1.29 is 18.9 Å². The zero-order chi connectivity index (χ0) is 23.3. The van der Waals surface area contributed by atoms with Crippen LogP contribution >= 0.6 is 0 Å². The van der Waals surface area contributed by atoms with Gasteiger partial charge in [-0.15, -0.1) is 0 Å². The van der Waals surface area contributed by atoms with Gasteiger partial charge in [-0.1, -0.05) is 60.7 Å². The predicted octanol–water partition coefficient (Wildman–Crippen LogP) is 3.54. The standard InChI is InChI=1S/C27H31N3O3/c1-21(31)33-18-8-15-29-16-17-30(20-29)25-14-13-24(19-25)27(26(28)32,22-9-4-2-5-10-22)23-11-6-3-7-12-23/h2-7,9-12,16-17,20,24-25H,8,13-15,18-19H2,1H3,(H-,28,32)/p+1. The van der Waals surface area contributed by atoms with Crippen LogP contribution < -0.4 is 10.3 Å². The third kappa shape index (κ3) is 4.70. The molecule has 1 aliphatic rings. The first-order valence-electron chi connectivity index (χ1n) is 11.6. The molecule has 0 spiro atoms. The van der Waals surface area contributed by atoms with Crippen LogP contribution in [0.25, 0.3) is 0 Å². The van der Waals surface area contributed by atoms with Crippen LogP contribution in [0.3, 0.4) is 0 Å². The number of aromatic nitrogens is 2. The van der Waals surface area contributed by atoms with E-state index in [1.54, 1.807) is 0 Å². The zero-order valence-corrected chi connectivity index (χ0v) is 19.1. The van der Waals surface area contributed by atoms with Gasteiger partial charge in [0.1, 0.15) is 23.9 Å². The van der Waals surface area contributed by atoms with E-state index in [4.69, 9.17) is 10.5 Å². The Morgan fingerprint density at radius 2 is 1.70 bits per heavy atom. The molecule has 0 bridgehead atoms. The molecule has 6 heteroatoms. The van der Waals surface area contributed by atoms with Crippen molar-refractivity contribution in [3.63, 3.8) is 0 Å². The molecule has 0 saturated heterocycles. The number of carbonyl (C=O) groups is 2. The molecule has 2 atom stereocenters. The number of imidazole rings is 1. The molecule has 3 aromatic rings. The lowest BCUT2D eigenvalue weighted by Crippen LogP contribution is -2.47. The highest BCUT2D eigenvalue weighted by Gasteiger charge is 2.50. The van der Waals surface area contributed by atoms with Gasteiger partial charge in [0.2, 0.25) is 12.2 Å². The molecule has 6 nitrogen and oxygen atoms in total. The fourth-order valence-corrected chi connectivity index (χ4v) is 5.37. The number of benzene rings is 2. The summed E-state index contributed by atoms with van der Waals surface area (Å²) in [7, 11) is 0. The van der Waals surface area contributed by atoms with Crippen molar-refractivity contribution in [2.45, 2.75) is 50.6 Å². The van der Waals surface area contributed by atoms with Gasteiger partial charge in [0, 0.05) is 13.3 Å². The number of rotatable bonds is 9. The molecular weight excluding hydrogens is 414 g/mol. The molecule has 1 fully saturated rings. The van der Waals surface area contributed by atoms with Crippen LogP contribution in [-0.4, -0.2) is 23.1 Å². The maximum atomic E-state index is 13.2. The molecule has 172 valence electrons. The van der Waals surface area contributed by atoms with Crippen molar-refractivity contribution in [2.75, 3.05) is 6.61 Å². The molecule has 2 unspecified atom stereocenters. The topological polar surface area (TPSA) is 78.2 Å². The van der Waals surface area contributed by atoms with Crippen LogP contribution in [-0.2, 0) is 26.3 Å². The Morgan fingerprint density at radius 1 is 1.06 bits per heavy atom. The molecule has 1 amide bonds. The summed E-state index contributed by atoms with van der Waals surface area (Å²) in [6.45, 7) is 2.64. The lowest BCUT2D eigenvalue weighted by Gasteiger charge is -2.37. The van der Waals surface area contributed by atoms with Crippen LogP contribution in [0, 0.1) is 5.92 Å². The van der Waals surface area contributed by atoms with Crippen molar-refractivity contribution in [1.82, 2.24) is 4.57 Å². The minimum atomic E-state index is -0.857. The van der Waals surface area contributed by atoms with Crippen molar-refractivity contribution in [1.29, 1.82) is 0 Å². The second-order valence-electron chi connectivity index (χ2n) is 8.86. The van der Waals surface area contributed by atoms with E-state index in [9.17, 15) is 9.59 Å². The van der Waals surface area contributed by atoms with Gasteiger partial charge in [-0.25, -0.2) is 9.13 Å². The third-order valence-electron chi connectivity index (χ3n) is 6.86. The second kappa shape index (κ2) is 10.0. The van der Waals surface area contributed by atoms with E-state index in [1.807, 2.05) is 60.7 Å². The van der Waals surface area contributed by atoms with E-state index in [2.05, 4.69) is 27.9 Å². The number of aryl methyl sites for hydroxylation is 1. The predicted molar refractivity (Wildman–Crippen MR) is 125 cm³/mol. The Morgan fingerprint density at radius 3 is 2.27 bits per heavy atom. The number of amides is 1. The van der Waals surface area contributed by atoms with Crippen LogP contribution in [0.15, 0.2) is 79.4 Å². The van der Waals surface area contributed by atoms with Gasteiger partial charge < -0.3 is 10.5 Å². The molecule has 2 aromatic carbocycles. The van der Waals surface area contributed by atoms with Crippen LogP contribution in [0.2, 0.25) is 0 Å². The van der Waals surface area contributed by atoms with E-state index in [0.29, 0.717) is 12.6 Å². The Kier molecular flexibility index (Phi) is 6.92. The summed E-state index contributed by atoms with van der Waals surface area (Å²) in [5.74, 6) is -0.437. The van der Waals surface area contributed by atoms with E-state index in [1.165, 1.54) is 6.92 Å². The van der Waals surface area contributed by atoms with Gasteiger partial charge >= 0.3 is 5.97 Å². The summed E-state index contributed by atoms with van der Waals surface area (Å²) in [5, 5.41) is 0. The quantitative estimate of drug-likeness (QED) is 0.310. The van der Waals surface area contributed by atoms with Crippen molar-refractivity contribution in [3.05, 3.63) is 90.5 Å². The summed E-state index contributed by atoms with van der Waals surface area (Å²) in [5.41, 5.74) is 7.27. The number of ether oxygens (including phenoxy) is 1. The molecule has 1 heterocycles. The number of hydrogen-bond donors (Lipinski definition) is 1. The first-order chi connectivity index (χ1) is 16.0. The number of nitrogens with two attached hydrogens (primary N) is 1. The van der Waals surface area contributed by atoms with E-state index in [-0.39, 0.29) is 17.8 Å². The first kappa shape index (κ1) is 22.8. The second-order valence-corrected chi connectivity index (χ2v) is 8.86. The Labute approximate surface area is 195 Å². The number of nitrogens with zero attached hydrogens (tertiary/aromatic N) is 2. The van der Waals surface area contributed by atoms with Crippen molar-refractivity contribution >= 4 is 11.9 Å². The van der Waals surface area contributed by atoms with Crippen molar-refractivity contribution in [2.24, 2.45) is 11.7 Å². The zero-order valence-electron chi connectivity index (χ0n) is 19.1. The van der Waals surface area contributed by atoms with Crippen molar-refractivity contribution in [3.8, 4) is 0 Å². The lowest BCUT2D eigenvalue weighted by atomic mass is 9.64. The summed E-state index contributed by atoms with van der Waals surface area (Å²) in [6.07, 6.45) is 9.80. The summed E-state index contributed by atoms with van der Waals surface area (Å²) in [4.78, 5) is 24.2. The van der Waals surface area contributed by atoms with Crippen LogP contribution in [0.5, 0.6) is 0 Å². The largest absolute Gasteiger partial charge is 0.466 e. The minimum absolute atomic E-state index is 0.101. The Balaban J connectivity index is 1.57. The molecule has 1 aliphatic carbocycles. The molecule has 33 heavy (non-hydrogen) atoms. The molecule has 2 N–H and O–H groups in total. The van der Waals surface area contributed by atoms with E-state index in [0.717, 1.165) is 43.4 Å². The Hall–Kier alpha value is -3.41. The summed E-state index contributed by atoms with van der Waals surface area (Å²) >= 11 is 0. The summed E-state index contributed by atoms with van der Waals surface area (Å²) in [6, 6.07) is 20.3. The van der Waals surface area contributed by atoms with Crippen LogP contribution in [0.4, 0.5) is 0 Å². The van der Waals surface area contributed by atoms with E-state index >= 15 is 0 Å². The molecule has 0 radical (unpaired) electrons. The molecule has 0 aliphatic heterocycles. The first-order valence-corrected chi connectivity index (χ1v) is 11.6. The smallest absolute Gasteiger partial charge is 0.302 e. The number of esters is 1. The maximum Gasteiger partial charge on any atom is 0.302 e. The normalized spacial score (nSPS) is 18.2.